The van der Waals surface area contributed by atoms with Crippen molar-refractivity contribution < 1.29 is 0 Å². The van der Waals surface area contributed by atoms with Crippen LogP contribution in [0.4, 0.5) is 0 Å². The minimum absolute atomic E-state index is 0.423. The van der Waals surface area contributed by atoms with Crippen LogP contribution in [0, 0.1) is 0 Å². The van der Waals surface area contributed by atoms with Gasteiger partial charge in [-0.2, -0.15) is 0 Å². The molecule has 2 aliphatic rings. The molecule has 86 valence electrons. The lowest BCUT2D eigenvalue weighted by molar-refractivity contribution is 0.417. The molecule has 0 radical (unpaired) electrons. The molecule has 1 aliphatic heterocycles. The van der Waals surface area contributed by atoms with Crippen molar-refractivity contribution in [1.29, 1.82) is 0 Å². The fraction of sp³-hybridized carbons (Fsp3) is 0.571. The Hall–Kier alpha value is -0.340. The van der Waals surface area contributed by atoms with E-state index in [1.165, 1.54) is 43.1 Å². The monoisotopic (exact) mass is 279 g/mol. The summed E-state index contributed by atoms with van der Waals surface area (Å²) in [5.74, 6) is 0. The second kappa shape index (κ2) is 4.15. The molecule has 16 heavy (non-hydrogen) atoms. The van der Waals surface area contributed by atoms with E-state index in [2.05, 4.69) is 39.4 Å². The van der Waals surface area contributed by atoms with Gasteiger partial charge in [0.2, 0.25) is 0 Å². The molecular formula is C14H18BrN. The van der Waals surface area contributed by atoms with Gasteiger partial charge in [-0.25, -0.2) is 0 Å². The van der Waals surface area contributed by atoms with Gasteiger partial charge in [0.05, 0.1) is 0 Å². The van der Waals surface area contributed by atoms with E-state index in [0.29, 0.717) is 5.41 Å². The summed E-state index contributed by atoms with van der Waals surface area (Å²) in [6.45, 7) is 2.30. The zero-order valence-electron chi connectivity index (χ0n) is 9.56. The van der Waals surface area contributed by atoms with Crippen LogP contribution in [0.2, 0.25) is 0 Å². The number of fused-ring (bicyclic) bond motifs is 2. The molecular weight excluding hydrogens is 262 g/mol. The van der Waals surface area contributed by atoms with Gasteiger partial charge in [-0.05, 0) is 43.0 Å². The van der Waals surface area contributed by atoms with Crippen molar-refractivity contribution in [2.75, 3.05) is 13.1 Å². The van der Waals surface area contributed by atoms with Gasteiger partial charge in [-0.3, -0.25) is 0 Å². The SMILES string of the molecule is Brc1cccc2c1C1(CCCC1)CNCC2. The van der Waals surface area contributed by atoms with Gasteiger partial charge < -0.3 is 5.32 Å². The van der Waals surface area contributed by atoms with E-state index in [1.54, 1.807) is 11.1 Å². The lowest BCUT2D eigenvalue weighted by Crippen LogP contribution is -2.34. The Morgan fingerprint density at radius 1 is 1.19 bits per heavy atom. The fourth-order valence-electron chi connectivity index (χ4n) is 3.49. The Bertz CT molecular complexity index is 394. The highest BCUT2D eigenvalue weighted by Gasteiger charge is 2.39. The second-order valence-electron chi connectivity index (χ2n) is 5.19. The van der Waals surface area contributed by atoms with Crippen molar-refractivity contribution in [1.82, 2.24) is 5.32 Å². The minimum atomic E-state index is 0.423. The first-order valence-electron chi connectivity index (χ1n) is 6.30. The summed E-state index contributed by atoms with van der Waals surface area (Å²) in [4.78, 5) is 0. The van der Waals surface area contributed by atoms with Gasteiger partial charge in [-0.1, -0.05) is 40.9 Å². The quantitative estimate of drug-likeness (QED) is 0.768. The van der Waals surface area contributed by atoms with Crippen LogP contribution in [0.1, 0.15) is 36.8 Å². The van der Waals surface area contributed by atoms with Crippen LogP contribution in [0.15, 0.2) is 22.7 Å². The average Bonchev–Trinajstić information content (AvgIpc) is 2.65. The third-order valence-corrected chi connectivity index (χ3v) is 4.89. The summed E-state index contributed by atoms with van der Waals surface area (Å²) in [6, 6.07) is 6.70. The lowest BCUT2D eigenvalue weighted by atomic mass is 9.77. The largest absolute Gasteiger partial charge is 0.316 e. The van der Waals surface area contributed by atoms with Crippen LogP contribution in [0.5, 0.6) is 0 Å². The number of hydrogen-bond acceptors (Lipinski definition) is 1. The molecule has 3 rings (SSSR count). The standard InChI is InChI=1S/C14H18BrN/c15-12-5-3-4-11-6-9-16-10-14(13(11)12)7-1-2-8-14/h3-5,16H,1-2,6-10H2. The summed E-state index contributed by atoms with van der Waals surface area (Å²) in [7, 11) is 0. The van der Waals surface area contributed by atoms with E-state index in [-0.39, 0.29) is 0 Å². The van der Waals surface area contributed by atoms with E-state index >= 15 is 0 Å². The third kappa shape index (κ3) is 1.63. The predicted octanol–water partition coefficient (Wildman–Crippen LogP) is 3.41. The maximum absolute atomic E-state index is 3.77. The van der Waals surface area contributed by atoms with Gasteiger partial charge in [0, 0.05) is 16.4 Å². The Balaban J connectivity index is 2.15. The van der Waals surface area contributed by atoms with Gasteiger partial charge in [0.15, 0.2) is 0 Å². The third-order valence-electron chi connectivity index (χ3n) is 4.23. The highest BCUT2D eigenvalue weighted by Crippen LogP contribution is 2.45. The van der Waals surface area contributed by atoms with E-state index in [1.807, 2.05) is 0 Å². The van der Waals surface area contributed by atoms with Crippen LogP contribution >= 0.6 is 15.9 Å². The Morgan fingerprint density at radius 2 is 2.00 bits per heavy atom. The number of rotatable bonds is 0. The number of nitrogens with one attached hydrogen (secondary N) is 1. The molecule has 1 saturated carbocycles. The minimum Gasteiger partial charge on any atom is -0.316 e. The average molecular weight is 280 g/mol. The number of benzene rings is 1. The molecule has 0 aromatic heterocycles. The van der Waals surface area contributed by atoms with Crippen molar-refractivity contribution in [2.45, 2.75) is 37.5 Å². The molecule has 0 saturated heterocycles. The molecule has 1 aliphatic carbocycles. The maximum Gasteiger partial charge on any atom is 0.0216 e. The Morgan fingerprint density at radius 3 is 2.81 bits per heavy atom. The first-order valence-corrected chi connectivity index (χ1v) is 7.10. The lowest BCUT2D eigenvalue weighted by Gasteiger charge is -2.30. The van der Waals surface area contributed by atoms with E-state index < -0.39 is 0 Å². The van der Waals surface area contributed by atoms with Crippen molar-refractivity contribution in [3.05, 3.63) is 33.8 Å². The smallest absolute Gasteiger partial charge is 0.0216 e. The van der Waals surface area contributed by atoms with Gasteiger partial charge in [0.1, 0.15) is 0 Å². The van der Waals surface area contributed by atoms with E-state index in [0.717, 1.165) is 6.54 Å². The van der Waals surface area contributed by atoms with Gasteiger partial charge in [0.25, 0.3) is 0 Å². The van der Waals surface area contributed by atoms with E-state index in [4.69, 9.17) is 0 Å². The first kappa shape index (κ1) is 10.8. The normalized spacial score (nSPS) is 23.1. The zero-order valence-corrected chi connectivity index (χ0v) is 11.1. The molecule has 1 fully saturated rings. The van der Waals surface area contributed by atoms with Crippen molar-refractivity contribution in [2.24, 2.45) is 0 Å². The van der Waals surface area contributed by atoms with Crippen molar-refractivity contribution in [3.8, 4) is 0 Å². The van der Waals surface area contributed by atoms with Crippen LogP contribution in [0.25, 0.3) is 0 Å². The van der Waals surface area contributed by atoms with Crippen LogP contribution in [0.3, 0.4) is 0 Å². The molecule has 1 aromatic carbocycles. The van der Waals surface area contributed by atoms with Crippen LogP contribution in [-0.4, -0.2) is 13.1 Å². The summed E-state index contributed by atoms with van der Waals surface area (Å²) in [6.07, 6.45) is 6.67. The predicted molar refractivity (Wildman–Crippen MR) is 70.9 cm³/mol. The zero-order chi connectivity index (χ0) is 11.0. The maximum atomic E-state index is 3.77. The van der Waals surface area contributed by atoms with Crippen molar-refractivity contribution >= 4 is 15.9 Å². The molecule has 1 spiro atoms. The van der Waals surface area contributed by atoms with Crippen molar-refractivity contribution in [3.63, 3.8) is 0 Å². The van der Waals surface area contributed by atoms with E-state index in [9.17, 15) is 0 Å². The Kier molecular flexibility index (Phi) is 2.80. The number of halogens is 1. The Labute approximate surface area is 106 Å². The molecule has 1 nitrogen and oxygen atoms in total. The fourth-order valence-corrected chi connectivity index (χ4v) is 4.32. The molecule has 1 N–H and O–H groups in total. The molecule has 0 amide bonds. The molecule has 1 aromatic rings. The highest BCUT2D eigenvalue weighted by atomic mass is 79.9. The summed E-state index contributed by atoms with van der Waals surface area (Å²) >= 11 is 3.77. The molecule has 0 unspecified atom stereocenters. The molecule has 0 bridgehead atoms. The molecule has 0 atom stereocenters. The highest BCUT2D eigenvalue weighted by molar-refractivity contribution is 9.10. The second-order valence-corrected chi connectivity index (χ2v) is 6.04. The molecule has 2 heteroatoms. The van der Waals surface area contributed by atoms with Crippen LogP contribution in [-0.2, 0) is 11.8 Å². The topological polar surface area (TPSA) is 12.0 Å². The molecule has 1 heterocycles. The summed E-state index contributed by atoms with van der Waals surface area (Å²) in [5.41, 5.74) is 3.59. The van der Waals surface area contributed by atoms with Gasteiger partial charge >= 0.3 is 0 Å². The van der Waals surface area contributed by atoms with Crippen LogP contribution < -0.4 is 5.32 Å². The summed E-state index contributed by atoms with van der Waals surface area (Å²) in [5, 5.41) is 3.63. The first-order chi connectivity index (χ1) is 7.82. The summed E-state index contributed by atoms with van der Waals surface area (Å²) < 4.78 is 1.33. The van der Waals surface area contributed by atoms with Gasteiger partial charge in [-0.15, -0.1) is 0 Å². The number of hydrogen-bond donors (Lipinski definition) is 1.